The van der Waals surface area contributed by atoms with Crippen molar-refractivity contribution in [1.29, 1.82) is 0 Å². The lowest BCUT2D eigenvalue weighted by Gasteiger charge is -2.10. The highest BCUT2D eigenvalue weighted by molar-refractivity contribution is 14.1. The maximum Gasteiger partial charge on any atom is 0.248 e. The highest BCUT2D eigenvalue weighted by Gasteiger charge is 2.25. The summed E-state index contributed by atoms with van der Waals surface area (Å²) in [4.78, 5) is 10.8. The van der Waals surface area contributed by atoms with Gasteiger partial charge >= 0.3 is 0 Å². The van der Waals surface area contributed by atoms with Gasteiger partial charge in [0.2, 0.25) is 11.7 Å². The molecule has 0 saturated carbocycles. The van der Waals surface area contributed by atoms with Crippen LogP contribution in [0.1, 0.15) is 0 Å². The monoisotopic (exact) mass is 366 g/mol. The molecule has 0 bridgehead atoms. The van der Waals surface area contributed by atoms with Gasteiger partial charge in [-0.15, -0.1) is 0 Å². The third-order valence-corrected chi connectivity index (χ3v) is 2.35. The van der Waals surface area contributed by atoms with E-state index in [0.29, 0.717) is 0 Å². The molecule has 9 heteroatoms. The molecule has 0 saturated heterocycles. The van der Waals surface area contributed by atoms with Crippen LogP contribution in [0.2, 0.25) is 0 Å². The molecular weight excluding hydrogens is 362 g/mol. The third kappa shape index (κ3) is 2.76. The summed E-state index contributed by atoms with van der Waals surface area (Å²) >= 11 is 1.64. The Morgan fingerprint density at radius 1 is 0.941 bits per heavy atom. The number of anilines is 1. The van der Waals surface area contributed by atoms with Crippen LogP contribution in [0.15, 0.2) is 0 Å². The van der Waals surface area contributed by atoms with Crippen molar-refractivity contribution in [2.45, 2.75) is 0 Å². The van der Waals surface area contributed by atoms with E-state index in [1.807, 2.05) is 0 Å². The van der Waals surface area contributed by atoms with Crippen LogP contribution < -0.4 is 10.9 Å². The Kier molecular flexibility index (Phi) is 4.48. The van der Waals surface area contributed by atoms with E-state index in [4.69, 9.17) is 0 Å². The predicted octanol–water partition coefficient (Wildman–Crippen LogP) is 2.26. The van der Waals surface area contributed by atoms with E-state index in [2.05, 4.69) is 0 Å². The maximum absolute atomic E-state index is 13.0. The summed E-state index contributed by atoms with van der Waals surface area (Å²) in [7, 11) is 0. The van der Waals surface area contributed by atoms with Gasteiger partial charge in [-0.2, -0.15) is 0 Å². The molecule has 0 aliphatic heterocycles. The van der Waals surface area contributed by atoms with Crippen molar-refractivity contribution in [3.63, 3.8) is 0 Å². The first-order valence-corrected chi connectivity index (χ1v) is 5.55. The lowest BCUT2D eigenvalue weighted by molar-refractivity contribution is -0.117. The van der Waals surface area contributed by atoms with Crippen LogP contribution in [0.5, 0.6) is 0 Å². The number of hydrogen-bond acceptors (Lipinski definition) is 2. The fourth-order valence-corrected chi connectivity index (χ4v) is 1.07. The zero-order valence-corrected chi connectivity index (χ0v) is 10.0. The second-order valence-electron chi connectivity index (χ2n) is 2.75. The maximum atomic E-state index is 13.0. The Morgan fingerprint density at radius 2 is 1.35 bits per heavy atom. The minimum Gasteiger partial charge on any atom is -0.293 e. The summed E-state index contributed by atoms with van der Waals surface area (Å²) in [5, 5.41) is 0. The lowest BCUT2D eigenvalue weighted by atomic mass is 10.2. The molecule has 94 valence electrons. The summed E-state index contributed by atoms with van der Waals surface area (Å²) < 4.78 is 64.0. The normalized spacial score (nSPS) is 10.2. The number of amides is 1. The molecule has 0 atom stereocenters. The van der Waals surface area contributed by atoms with Crippen molar-refractivity contribution in [2.24, 2.45) is 0 Å². The zero-order chi connectivity index (χ0) is 13.2. The number of nitrogens with one attached hydrogen (secondary N) is 2. The van der Waals surface area contributed by atoms with Crippen LogP contribution in [0.3, 0.4) is 0 Å². The third-order valence-electron chi connectivity index (χ3n) is 1.66. The molecule has 17 heavy (non-hydrogen) atoms. The molecule has 2 N–H and O–H groups in total. The Morgan fingerprint density at radius 3 is 1.76 bits per heavy atom. The molecule has 0 radical (unpaired) electrons. The fraction of sp³-hybridized carbons (Fsp3) is 0.125. The Balaban J connectivity index is 3.12. The number of hydrogen-bond donors (Lipinski definition) is 2. The van der Waals surface area contributed by atoms with Gasteiger partial charge < -0.3 is 0 Å². The van der Waals surface area contributed by atoms with Crippen molar-refractivity contribution < 1.29 is 26.7 Å². The molecule has 0 heterocycles. The number of carbonyl (C=O) groups is 1. The van der Waals surface area contributed by atoms with E-state index in [0.717, 1.165) is 0 Å². The van der Waals surface area contributed by atoms with Crippen molar-refractivity contribution >= 4 is 34.2 Å². The largest absolute Gasteiger partial charge is 0.293 e. The lowest BCUT2D eigenvalue weighted by Crippen LogP contribution is -2.31. The van der Waals surface area contributed by atoms with Gasteiger partial charge in [-0.3, -0.25) is 15.6 Å². The van der Waals surface area contributed by atoms with Gasteiger partial charge in [-0.25, -0.2) is 22.0 Å². The molecule has 1 aromatic carbocycles. The van der Waals surface area contributed by atoms with Crippen molar-refractivity contribution in [3.05, 3.63) is 29.1 Å². The molecule has 0 aromatic heterocycles. The minimum absolute atomic E-state index is 0.0554. The zero-order valence-electron chi connectivity index (χ0n) is 7.88. The molecule has 0 fully saturated rings. The molecule has 0 aliphatic carbocycles. The van der Waals surface area contributed by atoms with E-state index in [-0.39, 0.29) is 4.43 Å². The summed E-state index contributed by atoms with van der Waals surface area (Å²) in [6.45, 7) is 0. The predicted molar refractivity (Wildman–Crippen MR) is 56.9 cm³/mol. The van der Waals surface area contributed by atoms with Gasteiger partial charge in [-0.05, 0) is 0 Å². The topological polar surface area (TPSA) is 41.1 Å². The molecule has 3 nitrogen and oxygen atoms in total. The van der Waals surface area contributed by atoms with Gasteiger partial charge in [0.25, 0.3) is 0 Å². The van der Waals surface area contributed by atoms with Gasteiger partial charge in [0.1, 0.15) is 5.69 Å². The number of rotatable bonds is 3. The molecule has 0 unspecified atom stereocenters. The first-order valence-electron chi connectivity index (χ1n) is 4.02. The highest BCUT2D eigenvalue weighted by atomic mass is 127. The summed E-state index contributed by atoms with van der Waals surface area (Å²) in [6.07, 6.45) is 0. The molecule has 1 rings (SSSR count). The Labute approximate surface area is 105 Å². The Hall–Kier alpha value is -1.13. The summed E-state index contributed by atoms with van der Waals surface area (Å²) in [6, 6.07) is 0. The average Bonchev–Trinajstić information content (AvgIpc) is 2.33. The SMILES string of the molecule is O=C(CI)NNc1c(F)c(F)c(F)c(F)c1F. The standard InChI is InChI=1S/C8H4F5IN2O/c9-3-4(10)6(12)8(7(13)5(3)11)16-15-2(17)1-14/h16H,1H2,(H,15,17). The molecule has 1 amide bonds. The number of hydrazine groups is 1. The molecule has 1 aromatic rings. The van der Waals surface area contributed by atoms with E-state index in [1.54, 1.807) is 33.4 Å². The van der Waals surface area contributed by atoms with Gasteiger partial charge in [-0.1, -0.05) is 22.6 Å². The van der Waals surface area contributed by atoms with Crippen molar-refractivity contribution in [1.82, 2.24) is 5.43 Å². The van der Waals surface area contributed by atoms with Crippen molar-refractivity contribution in [3.8, 4) is 0 Å². The second kappa shape index (κ2) is 5.47. The molecule has 0 aliphatic rings. The first-order chi connectivity index (χ1) is 7.90. The number of halogens is 6. The van der Waals surface area contributed by atoms with Gasteiger partial charge in [0.05, 0.1) is 4.43 Å². The van der Waals surface area contributed by atoms with Crippen LogP contribution in [-0.2, 0) is 4.79 Å². The molecule has 0 spiro atoms. The van der Waals surface area contributed by atoms with Gasteiger partial charge in [0.15, 0.2) is 23.3 Å². The van der Waals surface area contributed by atoms with Crippen LogP contribution in [0.25, 0.3) is 0 Å². The number of alkyl halides is 1. The fourth-order valence-electron chi connectivity index (χ4n) is 0.880. The number of carbonyl (C=O) groups excluding carboxylic acids is 1. The molecular formula is C8H4F5IN2O. The highest BCUT2D eigenvalue weighted by Crippen LogP contribution is 2.26. The Bertz CT molecular complexity index is 439. The van der Waals surface area contributed by atoms with Crippen LogP contribution in [0.4, 0.5) is 27.6 Å². The summed E-state index contributed by atoms with van der Waals surface area (Å²) in [5.41, 5.74) is 2.11. The van der Waals surface area contributed by atoms with E-state index < -0.39 is 40.7 Å². The van der Waals surface area contributed by atoms with Crippen LogP contribution in [-0.4, -0.2) is 10.3 Å². The summed E-state index contributed by atoms with van der Waals surface area (Å²) in [5.74, 6) is -11.2. The van der Waals surface area contributed by atoms with E-state index in [9.17, 15) is 26.7 Å². The minimum atomic E-state index is -2.26. The second-order valence-corrected chi connectivity index (χ2v) is 3.51. The van der Waals surface area contributed by atoms with E-state index >= 15 is 0 Å². The quantitative estimate of drug-likeness (QED) is 0.215. The number of benzene rings is 1. The van der Waals surface area contributed by atoms with Crippen LogP contribution >= 0.6 is 22.6 Å². The van der Waals surface area contributed by atoms with Crippen molar-refractivity contribution in [2.75, 3.05) is 9.85 Å². The first kappa shape index (κ1) is 13.9. The average molecular weight is 366 g/mol. The van der Waals surface area contributed by atoms with E-state index in [1.165, 1.54) is 0 Å². The smallest absolute Gasteiger partial charge is 0.248 e. The van der Waals surface area contributed by atoms with Crippen LogP contribution in [0, 0.1) is 29.1 Å². The van der Waals surface area contributed by atoms with Gasteiger partial charge in [0, 0.05) is 0 Å².